The van der Waals surface area contributed by atoms with Crippen LogP contribution in [0.2, 0.25) is 0 Å². The van der Waals surface area contributed by atoms with Crippen LogP contribution in [0.25, 0.3) is 0 Å². The van der Waals surface area contributed by atoms with Crippen LogP contribution in [0.4, 0.5) is 0 Å². The van der Waals surface area contributed by atoms with Gasteiger partial charge in [-0.05, 0) is 45.5 Å². The maximum atomic E-state index is 12.4. The number of rotatable bonds is 3. The second-order valence-electron chi connectivity index (χ2n) is 5.62. The van der Waals surface area contributed by atoms with Gasteiger partial charge in [0, 0.05) is 6.04 Å². The molecule has 1 atom stereocenters. The molecular formula is C15H25Cl2N3O. The Balaban J connectivity index is 0.00000200. The van der Waals surface area contributed by atoms with Crippen LogP contribution in [0.3, 0.4) is 0 Å². The van der Waals surface area contributed by atoms with Gasteiger partial charge in [-0.25, -0.2) is 0 Å². The van der Waals surface area contributed by atoms with Crippen molar-refractivity contribution in [2.45, 2.75) is 31.3 Å². The van der Waals surface area contributed by atoms with E-state index in [1.165, 1.54) is 0 Å². The number of likely N-dealkylation sites (tertiary alicyclic amines) is 1. The number of piperidine rings is 1. The van der Waals surface area contributed by atoms with Crippen molar-refractivity contribution < 1.29 is 4.79 Å². The number of nitrogens with two attached hydrogens (primary N) is 1. The van der Waals surface area contributed by atoms with Gasteiger partial charge in [-0.2, -0.15) is 0 Å². The molecule has 120 valence electrons. The van der Waals surface area contributed by atoms with Crippen molar-refractivity contribution >= 4 is 30.7 Å². The van der Waals surface area contributed by atoms with Gasteiger partial charge in [0.05, 0.1) is 0 Å². The summed E-state index contributed by atoms with van der Waals surface area (Å²) in [5.74, 6) is -0.0896. The molecule has 0 saturated carbocycles. The second-order valence-corrected chi connectivity index (χ2v) is 5.62. The minimum atomic E-state index is -0.968. The molecule has 0 aliphatic carbocycles. The quantitative estimate of drug-likeness (QED) is 0.888. The average Bonchev–Trinajstić information content (AvgIpc) is 2.42. The highest BCUT2D eigenvalue weighted by Gasteiger charge is 2.32. The molecule has 1 aromatic rings. The summed E-state index contributed by atoms with van der Waals surface area (Å²) in [7, 11) is 2.11. The Hall–Kier alpha value is -0.810. The van der Waals surface area contributed by atoms with Crippen LogP contribution in [0.15, 0.2) is 30.3 Å². The first-order valence-electron chi connectivity index (χ1n) is 6.84. The third kappa shape index (κ3) is 5.15. The van der Waals surface area contributed by atoms with Crippen LogP contribution in [-0.4, -0.2) is 37.0 Å². The lowest BCUT2D eigenvalue weighted by atomic mass is 9.91. The number of amides is 1. The fourth-order valence-corrected chi connectivity index (χ4v) is 2.40. The molecule has 3 N–H and O–H groups in total. The monoisotopic (exact) mass is 333 g/mol. The molecule has 0 aromatic heterocycles. The molecule has 0 bridgehead atoms. The fraction of sp³-hybridized carbons (Fsp3) is 0.533. The number of halogens is 2. The number of nitrogens with zero attached hydrogens (tertiary/aromatic N) is 1. The summed E-state index contributed by atoms with van der Waals surface area (Å²) < 4.78 is 0. The van der Waals surface area contributed by atoms with Crippen molar-refractivity contribution in [3.8, 4) is 0 Å². The van der Waals surface area contributed by atoms with Crippen LogP contribution in [-0.2, 0) is 10.3 Å². The van der Waals surface area contributed by atoms with E-state index >= 15 is 0 Å². The normalized spacial score (nSPS) is 18.8. The van der Waals surface area contributed by atoms with Crippen molar-refractivity contribution in [3.05, 3.63) is 35.9 Å². The molecule has 1 fully saturated rings. The summed E-state index contributed by atoms with van der Waals surface area (Å²) in [6.45, 7) is 3.82. The molecule has 1 unspecified atom stereocenters. The molecule has 4 nitrogen and oxygen atoms in total. The predicted octanol–water partition coefficient (Wildman–Crippen LogP) is 1.91. The lowest BCUT2D eigenvalue weighted by molar-refractivity contribution is -0.127. The number of nitrogens with one attached hydrogen (secondary N) is 1. The summed E-state index contributed by atoms with van der Waals surface area (Å²) in [5.41, 5.74) is 6.08. The van der Waals surface area contributed by atoms with Gasteiger partial charge in [-0.15, -0.1) is 24.8 Å². The number of hydrogen-bond donors (Lipinski definition) is 2. The number of hydrogen-bond acceptors (Lipinski definition) is 3. The Morgan fingerprint density at radius 1 is 1.24 bits per heavy atom. The molecular weight excluding hydrogens is 309 g/mol. The largest absolute Gasteiger partial charge is 0.351 e. The zero-order valence-electron chi connectivity index (χ0n) is 12.5. The van der Waals surface area contributed by atoms with Gasteiger partial charge in [-0.3, -0.25) is 4.79 Å². The van der Waals surface area contributed by atoms with Crippen LogP contribution in [0.1, 0.15) is 25.3 Å². The number of carbonyl (C=O) groups is 1. The Kier molecular flexibility index (Phi) is 8.26. The van der Waals surface area contributed by atoms with E-state index in [1.807, 2.05) is 30.3 Å². The third-order valence-corrected chi connectivity index (χ3v) is 3.90. The van der Waals surface area contributed by atoms with E-state index in [-0.39, 0.29) is 36.8 Å². The minimum absolute atomic E-state index is 0. The molecule has 21 heavy (non-hydrogen) atoms. The first-order chi connectivity index (χ1) is 9.00. The van der Waals surface area contributed by atoms with E-state index in [1.54, 1.807) is 6.92 Å². The zero-order valence-corrected chi connectivity index (χ0v) is 14.2. The number of benzene rings is 1. The Morgan fingerprint density at radius 3 is 2.29 bits per heavy atom. The topological polar surface area (TPSA) is 58.4 Å². The maximum absolute atomic E-state index is 12.4. The van der Waals surface area contributed by atoms with Crippen molar-refractivity contribution in [1.29, 1.82) is 0 Å². The highest BCUT2D eigenvalue weighted by molar-refractivity contribution is 5.87. The second kappa shape index (κ2) is 8.59. The van der Waals surface area contributed by atoms with Crippen molar-refractivity contribution in [1.82, 2.24) is 10.2 Å². The van der Waals surface area contributed by atoms with Crippen LogP contribution < -0.4 is 11.1 Å². The average molecular weight is 334 g/mol. The lowest BCUT2D eigenvalue weighted by Crippen LogP contribution is -2.53. The van der Waals surface area contributed by atoms with Gasteiger partial charge in [0.1, 0.15) is 5.54 Å². The molecule has 1 aliphatic heterocycles. The van der Waals surface area contributed by atoms with Crippen molar-refractivity contribution in [2.75, 3.05) is 20.1 Å². The summed E-state index contributed by atoms with van der Waals surface area (Å²) in [5, 5.41) is 3.09. The van der Waals surface area contributed by atoms with Crippen LogP contribution in [0, 0.1) is 0 Å². The standard InChI is InChI=1S/C15H23N3O.2ClH/c1-15(16,12-6-4-3-5-7-12)14(19)17-13-8-10-18(2)11-9-13;;/h3-7,13H,8-11,16H2,1-2H3,(H,17,19);2*1H. The highest BCUT2D eigenvalue weighted by atomic mass is 35.5. The predicted molar refractivity (Wildman–Crippen MR) is 91.1 cm³/mol. The number of carbonyl (C=O) groups excluding carboxylic acids is 1. The van der Waals surface area contributed by atoms with Gasteiger partial charge >= 0.3 is 0 Å². The van der Waals surface area contributed by atoms with E-state index in [0.717, 1.165) is 31.5 Å². The van der Waals surface area contributed by atoms with E-state index < -0.39 is 5.54 Å². The summed E-state index contributed by atoms with van der Waals surface area (Å²) in [6.07, 6.45) is 1.99. The summed E-state index contributed by atoms with van der Waals surface area (Å²) in [4.78, 5) is 14.6. The molecule has 0 spiro atoms. The van der Waals surface area contributed by atoms with Crippen LogP contribution >= 0.6 is 24.8 Å². The maximum Gasteiger partial charge on any atom is 0.244 e. The Bertz CT molecular complexity index is 432. The minimum Gasteiger partial charge on any atom is -0.351 e. The molecule has 1 heterocycles. The molecule has 1 aliphatic rings. The van der Waals surface area contributed by atoms with Gasteiger partial charge in [0.25, 0.3) is 0 Å². The Labute approximate surface area is 139 Å². The van der Waals surface area contributed by atoms with E-state index in [4.69, 9.17) is 5.73 Å². The van der Waals surface area contributed by atoms with Gasteiger partial charge in [0.15, 0.2) is 0 Å². The highest BCUT2D eigenvalue weighted by Crippen LogP contribution is 2.18. The SMILES string of the molecule is CN1CCC(NC(=O)C(C)(N)c2ccccc2)CC1.Cl.Cl. The Morgan fingerprint density at radius 2 is 1.76 bits per heavy atom. The first-order valence-corrected chi connectivity index (χ1v) is 6.84. The molecule has 1 aromatic carbocycles. The third-order valence-electron chi connectivity index (χ3n) is 3.90. The molecule has 1 amide bonds. The zero-order chi connectivity index (χ0) is 13.9. The first kappa shape index (κ1) is 20.2. The van der Waals surface area contributed by atoms with Gasteiger partial charge < -0.3 is 16.0 Å². The molecule has 1 saturated heterocycles. The molecule has 0 radical (unpaired) electrons. The van der Waals surface area contributed by atoms with E-state index in [9.17, 15) is 4.79 Å². The van der Waals surface area contributed by atoms with Gasteiger partial charge in [0.2, 0.25) is 5.91 Å². The summed E-state index contributed by atoms with van der Waals surface area (Å²) >= 11 is 0. The molecule has 2 rings (SSSR count). The van der Waals surface area contributed by atoms with Crippen molar-refractivity contribution in [3.63, 3.8) is 0 Å². The fourth-order valence-electron chi connectivity index (χ4n) is 2.40. The molecule has 6 heteroatoms. The van der Waals surface area contributed by atoms with E-state index in [0.29, 0.717) is 0 Å². The van der Waals surface area contributed by atoms with E-state index in [2.05, 4.69) is 17.3 Å². The van der Waals surface area contributed by atoms with Gasteiger partial charge in [-0.1, -0.05) is 30.3 Å². The summed E-state index contributed by atoms with van der Waals surface area (Å²) in [6, 6.07) is 9.78. The lowest BCUT2D eigenvalue weighted by Gasteiger charge is -2.32. The van der Waals surface area contributed by atoms with Crippen molar-refractivity contribution in [2.24, 2.45) is 5.73 Å². The smallest absolute Gasteiger partial charge is 0.244 e. The van der Waals surface area contributed by atoms with Crippen LogP contribution in [0.5, 0.6) is 0 Å².